The average molecular weight is 590 g/mol. The fraction of sp³-hybridized carbons (Fsp3) is 0.424. The molecular formula is C33H39N3O5S. The highest BCUT2D eigenvalue weighted by atomic mass is 32.2. The van der Waals surface area contributed by atoms with Crippen LogP contribution in [0.1, 0.15) is 24.9 Å². The van der Waals surface area contributed by atoms with E-state index in [1.54, 1.807) is 64.9 Å². The number of aliphatic hydroxyl groups excluding tert-OH is 1. The summed E-state index contributed by atoms with van der Waals surface area (Å²) in [5.41, 5.74) is 1.39. The number of ether oxygens (including phenoxy) is 1. The largest absolute Gasteiger partial charge is 0.497 e. The molecule has 1 spiro atoms. The summed E-state index contributed by atoms with van der Waals surface area (Å²) < 4.78 is 4.50. The lowest BCUT2D eigenvalue weighted by Crippen LogP contribution is -2.58. The van der Waals surface area contributed by atoms with Crippen LogP contribution in [-0.4, -0.2) is 82.5 Å². The lowest BCUT2D eigenvalue weighted by atomic mass is 9.65. The number of aliphatic hydroxyl groups is 1. The number of likely N-dealkylation sites (tertiary alicyclic amines) is 1. The van der Waals surface area contributed by atoms with E-state index < -0.39 is 28.7 Å². The van der Waals surface area contributed by atoms with Gasteiger partial charge in [-0.3, -0.25) is 14.4 Å². The van der Waals surface area contributed by atoms with Gasteiger partial charge in [0.2, 0.25) is 11.8 Å². The third kappa shape index (κ3) is 4.63. The number of rotatable bonds is 11. The molecule has 3 unspecified atom stereocenters. The molecule has 5 rings (SSSR count). The van der Waals surface area contributed by atoms with Crippen LogP contribution in [0.15, 0.2) is 79.9 Å². The van der Waals surface area contributed by atoms with Crippen molar-refractivity contribution in [3.05, 3.63) is 85.5 Å². The minimum atomic E-state index is -0.901. The van der Waals surface area contributed by atoms with Gasteiger partial charge < -0.3 is 24.5 Å². The number of hydrogen-bond donors (Lipinski definition) is 1. The van der Waals surface area contributed by atoms with E-state index in [1.165, 1.54) is 0 Å². The van der Waals surface area contributed by atoms with Crippen molar-refractivity contribution in [3.8, 4) is 5.75 Å². The lowest BCUT2D eigenvalue weighted by Gasteiger charge is -2.42. The summed E-state index contributed by atoms with van der Waals surface area (Å²) in [6, 6.07) is 14.9. The molecule has 8 nitrogen and oxygen atoms in total. The van der Waals surface area contributed by atoms with Gasteiger partial charge in [0, 0.05) is 31.1 Å². The van der Waals surface area contributed by atoms with Crippen LogP contribution in [0.3, 0.4) is 0 Å². The van der Waals surface area contributed by atoms with E-state index in [-0.39, 0.29) is 42.0 Å². The molecule has 2 bridgehead atoms. The number of methoxy groups -OCH3 is 1. The Morgan fingerprint density at radius 1 is 1.12 bits per heavy atom. The quantitative estimate of drug-likeness (QED) is 0.400. The number of fused-ring (bicyclic) bond motifs is 1. The molecule has 2 aromatic rings. The van der Waals surface area contributed by atoms with Gasteiger partial charge in [-0.1, -0.05) is 49.4 Å². The number of carbonyl (C=O) groups is 3. The standard InChI is InChI=1S/C33H39N3O5S/c1-6-17-34(4)30(38)27-26-19-21(3)33(42-26)28(27)31(39)36(25(20-37)22-11-9-8-10-12-22)29(33)32(40)35(18-7-2)23-13-15-24(41-5)16-14-23/h6-16,21,25-29,37H,1-2,17-20H2,3-5H3/t21?,25-,26+,27-,28+,29?,33?/m1/s1. The minimum Gasteiger partial charge on any atom is -0.497 e. The summed E-state index contributed by atoms with van der Waals surface area (Å²) in [6.45, 7) is 10.0. The maximum atomic E-state index is 14.9. The highest BCUT2D eigenvalue weighted by Crippen LogP contribution is 2.69. The zero-order chi connectivity index (χ0) is 30.2. The molecule has 3 aliphatic rings. The number of thioether (sulfide) groups is 1. The molecule has 3 aliphatic heterocycles. The lowest BCUT2D eigenvalue weighted by molar-refractivity contribution is -0.145. The Morgan fingerprint density at radius 3 is 2.38 bits per heavy atom. The first kappa shape index (κ1) is 29.9. The monoisotopic (exact) mass is 589 g/mol. The second-order valence-corrected chi connectivity index (χ2v) is 12.9. The molecule has 2 aromatic carbocycles. The molecule has 0 radical (unpaired) electrons. The normalized spacial score (nSPS) is 28.2. The number of nitrogens with zero attached hydrogens (tertiary/aromatic N) is 3. The van der Waals surface area contributed by atoms with Crippen LogP contribution in [0.5, 0.6) is 5.75 Å². The van der Waals surface area contributed by atoms with Gasteiger partial charge in [-0.2, -0.15) is 0 Å². The van der Waals surface area contributed by atoms with E-state index in [0.29, 0.717) is 18.0 Å². The molecule has 7 atom stereocenters. The van der Waals surface area contributed by atoms with Crippen LogP contribution >= 0.6 is 11.8 Å². The summed E-state index contributed by atoms with van der Waals surface area (Å²) in [5.74, 6) is -1.21. The highest BCUT2D eigenvalue weighted by Gasteiger charge is 2.77. The van der Waals surface area contributed by atoms with Crippen molar-refractivity contribution in [3.63, 3.8) is 0 Å². The SMILES string of the molecule is C=CCN(C)C(=O)[C@@H]1[C@@H]2CC(C)C3(S2)C(C(=O)N(CC=C)c2ccc(OC)cc2)N([C@H](CO)c2ccccc2)C(=O)[C@H]13. The first-order chi connectivity index (χ1) is 20.2. The van der Waals surface area contributed by atoms with Gasteiger partial charge >= 0.3 is 0 Å². The molecule has 3 fully saturated rings. The maximum absolute atomic E-state index is 14.9. The van der Waals surface area contributed by atoms with Crippen molar-refractivity contribution in [2.75, 3.05) is 38.8 Å². The minimum absolute atomic E-state index is 0.00859. The predicted octanol–water partition coefficient (Wildman–Crippen LogP) is 3.93. The fourth-order valence-electron chi connectivity index (χ4n) is 7.29. The number of amides is 3. The number of likely N-dealkylation sites (N-methyl/N-ethyl adjacent to an activating group) is 1. The van der Waals surface area contributed by atoms with E-state index in [0.717, 1.165) is 12.0 Å². The van der Waals surface area contributed by atoms with Crippen LogP contribution in [0, 0.1) is 17.8 Å². The van der Waals surface area contributed by atoms with Crippen molar-refractivity contribution in [1.29, 1.82) is 0 Å². The van der Waals surface area contributed by atoms with Gasteiger partial charge in [0.1, 0.15) is 11.8 Å². The number of hydrogen-bond acceptors (Lipinski definition) is 6. The summed E-state index contributed by atoms with van der Waals surface area (Å²) in [7, 11) is 3.31. The van der Waals surface area contributed by atoms with E-state index >= 15 is 0 Å². The van der Waals surface area contributed by atoms with Crippen molar-refractivity contribution in [2.45, 2.75) is 35.4 Å². The Labute approximate surface area is 252 Å². The first-order valence-corrected chi connectivity index (χ1v) is 15.2. The highest BCUT2D eigenvalue weighted by molar-refractivity contribution is 8.02. The van der Waals surface area contributed by atoms with Crippen molar-refractivity contribution < 1.29 is 24.2 Å². The maximum Gasteiger partial charge on any atom is 0.251 e. The molecule has 0 saturated carbocycles. The molecule has 9 heteroatoms. The third-order valence-corrected chi connectivity index (χ3v) is 11.2. The topological polar surface area (TPSA) is 90.4 Å². The molecule has 1 N–H and O–H groups in total. The number of anilines is 1. The molecule has 222 valence electrons. The molecule has 0 aliphatic carbocycles. The molecule has 42 heavy (non-hydrogen) atoms. The smallest absolute Gasteiger partial charge is 0.251 e. The zero-order valence-corrected chi connectivity index (χ0v) is 25.2. The molecular weight excluding hydrogens is 550 g/mol. The summed E-state index contributed by atoms with van der Waals surface area (Å²) in [5, 5.41) is 10.7. The Bertz CT molecular complexity index is 1350. The Kier molecular flexibility index (Phi) is 8.53. The number of carbonyl (C=O) groups excluding carboxylic acids is 3. The zero-order valence-electron chi connectivity index (χ0n) is 24.4. The van der Waals surface area contributed by atoms with E-state index in [2.05, 4.69) is 20.1 Å². The van der Waals surface area contributed by atoms with Crippen molar-refractivity contribution in [2.24, 2.45) is 17.8 Å². The molecule has 3 heterocycles. The van der Waals surface area contributed by atoms with Crippen LogP contribution in [0.4, 0.5) is 5.69 Å². The second-order valence-electron chi connectivity index (χ2n) is 11.4. The average Bonchev–Trinajstić information content (AvgIpc) is 3.60. The van der Waals surface area contributed by atoms with Gasteiger partial charge in [-0.05, 0) is 42.2 Å². The second kappa shape index (κ2) is 12.0. The Morgan fingerprint density at radius 2 is 1.79 bits per heavy atom. The van der Waals surface area contributed by atoms with E-state index in [1.807, 2.05) is 42.5 Å². The van der Waals surface area contributed by atoms with Gasteiger partial charge in [0.15, 0.2) is 0 Å². The third-order valence-electron chi connectivity index (χ3n) is 9.14. The molecule has 3 saturated heterocycles. The first-order valence-electron chi connectivity index (χ1n) is 14.3. The summed E-state index contributed by atoms with van der Waals surface area (Å²) >= 11 is 1.62. The van der Waals surface area contributed by atoms with Gasteiger partial charge in [0.05, 0.1) is 36.3 Å². The van der Waals surface area contributed by atoms with Crippen molar-refractivity contribution in [1.82, 2.24) is 9.80 Å². The van der Waals surface area contributed by atoms with Crippen LogP contribution in [0.2, 0.25) is 0 Å². The fourth-order valence-corrected chi connectivity index (χ4v) is 9.68. The van der Waals surface area contributed by atoms with E-state index in [9.17, 15) is 19.5 Å². The predicted molar refractivity (Wildman–Crippen MR) is 165 cm³/mol. The van der Waals surface area contributed by atoms with Crippen LogP contribution < -0.4 is 9.64 Å². The Hall–Kier alpha value is -3.56. The molecule has 0 aromatic heterocycles. The summed E-state index contributed by atoms with van der Waals surface area (Å²) in [4.78, 5) is 48.3. The Balaban J connectivity index is 1.66. The number of benzene rings is 2. The van der Waals surface area contributed by atoms with Crippen molar-refractivity contribution >= 4 is 35.2 Å². The van der Waals surface area contributed by atoms with E-state index in [4.69, 9.17) is 4.74 Å². The van der Waals surface area contributed by atoms with Crippen LogP contribution in [0.25, 0.3) is 0 Å². The van der Waals surface area contributed by atoms with Gasteiger partial charge in [0.25, 0.3) is 5.91 Å². The summed E-state index contributed by atoms with van der Waals surface area (Å²) in [6.07, 6.45) is 4.06. The van der Waals surface area contributed by atoms with Gasteiger partial charge in [-0.25, -0.2) is 0 Å². The van der Waals surface area contributed by atoms with Gasteiger partial charge in [-0.15, -0.1) is 24.9 Å². The van der Waals surface area contributed by atoms with Crippen LogP contribution in [-0.2, 0) is 14.4 Å². The molecule has 3 amide bonds.